The van der Waals surface area contributed by atoms with E-state index in [1.54, 1.807) is 0 Å². The standard InChI is InChI=1S/C12H14N4OS/c1-8-15-16-12(18-8)14-11(17)7-4-9-2-5-10(13)6-3-9/h2-3,5-6H,4,7,13H2,1H3,(H,14,16,17). The molecule has 0 saturated carbocycles. The van der Waals surface area contributed by atoms with E-state index in [1.165, 1.54) is 11.3 Å². The van der Waals surface area contributed by atoms with Gasteiger partial charge in [-0.05, 0) is 31.0 Å². The molecule has 0 saturated heterocycles. The average molecular weight is 262 g/mol. The number of nitrogen functional groups attached to an aromatic ring is 1. The fourth-order valence-electron chi connectivity index (χ4n) is 1.47. The first-order valence-electron chi connectivity index (χ1n) is 5.58. The maximum Gasteiger partial charge on any atom is 0.226 e. The van der Waals surface area contributed by atoms with Crippen molar-refractivity contribution in [1.29, 1.82) is 0 Å². The predicted molar refractivity (Wildman–Crippen MR) is 72.5 cm³/mol. The molecule has 0 aliphatic carbocycles. The second-order valence-corrected chi connectivity index (χ2v) is 5.10. The lowest BCUT2D eigenvalue weighted by Gasteiger charge is -2.02. The van der Waals surface area contributed by atoms with Crippen LogP contribution in [0, 0.1) is 6.92 Å². The first kappa shape index (κ1) is 12.5. The number of carbonyl (C=O) groups excluding carboxylic acids is 1. The Kier molecular flexibility index (Phi) is 3.88. The van der Waals surface area contributed by atoms with E-state index in [1.807, 2.05) is 31.2 Å². The van der Waals surface area contributed by atoms with Gasteiger partial charge in [0, 0.05) is 12.1 Å². The van der Waals surface area contributed by atoms with Gasteiger partial charge in [-0.2, -0.15) is 0 Å². The van der Waals surface area contributed by atoms with Gasteiger partial charge in [0.25, 0.3) is 0 Å². The van der Waals surface area contributed by atoms with Crippen LogP contribution in [0.25, 0.3) is 0 Å². The third-order valence-electron chi connectivity index (χ3n) is 2.39. The van der Waals surface area contributed by atoms with E-state index in [9.17, 15) is 4.79 Å². The van der Waals surface area contributed by atoms with Crippen LogP contribution in [-0.2, 0) is 11.2 Å². The van der Waals surface area contributed by atoms with E-state index in [-0.39, 0.29) is 5.91 Å². The maximum atomic E-state index is 11.7. The number of carbonyl (C=O) groups is 1. The zero-order chi connectivity index (χ0) is 13.0. The van der Waals surface area contributed by atoms with Crippen molar-refractivity contribution >= 4 is 28.1 Å². The molecule has 94 valence electrons. The minimum Gasteiger partial charge on any atom is -0.399 e. The van der Waals surface area contributed by atoms with Gasteiger partial charge in [-0.1, -0.05) is 23.5 Å². The van der Waals surface area contributed by atoms with Crippen molar-refractivity contribution in [3.63, 3.8) is 0 Å². The molecule has 0 spiro atoms. The van der Waals surface area contributed by atoms with Gasteiger partial charge in [-0.15, -0.1) is 10.2 Å². The average Bonchev–Trinajstić information content (AvgIpc) is 2.74. The molecule has 0 aliphatic heterocycles. The Hall–Kier alpha value is -1.95. The monoisotopic (exact) mass is 262 g/mol. The lowest BCUT2D eigenvalue weighted by atomic mass is 10.1. The molecule has 1 aromatic carbocycles. The van der Waals surface area contributed by atoms with Crippen LogP contribution in [0.1, 0.15) is 17.0 Å². The number of hydrogen-bond acceptors (Lipinski definition) is 5. The highest BCUT2D eigenvalue weighted by molar-refractivity contribution is 7.15. The Bertz CT molecular complexity index is 535. The van der Waals surface area contributed by atoms with Crippen LogP contribution in [0.4, 0.5) is 10.8 Å². The molecule has 0 atom stereocenters. The number of benzene rings is 1. The number of aromatic nitrogens is 2. The number of anilines is 2. The molecule has 6 heteroatoms. The number of amides is 1. The van der Waals surface area contributed by atoms with Gasteiger partial charge in [0.15, 0.2) is 0 Å². The van der Waals surface area contributed by atoms with E-state index in [4.69, 9.17) is 5.73 Å². The first-order chi connectivity index (χ1) is 8.63. The lowest BCUT2D eigenvalue weighted by Crippen LogP contribution is -2.12. The van der Waals surface area contributed by atoms with Crippen LogP contribution in [0.15, 0.2) is 24.3 Å². The molecule has 0 aliphatic rings. The maximum absolute atomic E-state index is 11.7. The molecule has 1 heterocycles. The molecular formula is C12H14N4OS. The van der Waals surface area contributed by atoms with Crippen molar-refractivity contribution in [1.82, 2.24) is 10.2 Å². The summed E-state index contributed by atoms with van der Waals surface area (Å²) >= 11 is 1.37. The largest absolute Gasteiger partial charge is 0.399 e. The second-order valence-electron chi connectivity index (χ2n) is 3.92. The highest BCUT2D eigenvalue weighted by Gasteiger charge is 2.06. The molecular weight excluding hydrogens is 248 g/mol. The van der Waals surface area contributed by atoms with E-state index in [0.717, 1.165) is 16.3 Å². The van der Waals surface area contributed by atoms with Crippen molar-refractivity contribution in [2.45, 2.75) is 19.8 Å². The molecule has 1 aromatic heterocycles. The summed E-state index contributed by atoms with van der Waals surface area (Å²) in [5.74, 6) is -0.0528. The van der Waals surface area contributed by atoms with Gasteiger partial charge in [0.1, 0.15) is 5.01 Å². The van der Waals surface area contributed by atoms with E-state index >= 15 is 0 Å². The number of aryl methyl sites for hydroxylation is 2. The summed E-state index contributed by atoms with van der Waals surface area (Å²) in [5.41, 5.74) is 7.41. The highest BCUT2D eigenvalue weighted by atomic mass is 32.1. The van der Waals surface area contributed by atoms with Crippen LogP contribution >= 0.6 is 11.3 Å². The van der Waals surface area contributed by atoms with E-state index in [2.05, 4.69) is 15.5 Å². The molecule has 3 N–H and O–H groups in total. The van der Waals surface area contributed by atoms with Gasteiger partial charge in [0.2, 0.25) is 11.0 Å². The smallest absolute Gasteiger partial charge is 0.226 e. The fourth-order valence-corrected chi connectivity index (χ4v) is 2.08. The Morgan fingerprint density at radius 2 is 2.06 bits per heavy atom. The Morgan fingerprint density at radius 3 is 2.67 bits per heavy atom. The molecule has 5 nitrogen and oxygen atoms in total. The summed E-state index contributed by atoms with van der Waals surface area (Å²) in [4.78, 5) is 11.7. The summed E-state index contributed by atoms with van der Waals surface area (Å²) in [6, 6.07) is 7.53. The third-order valence-corrected chi connectivity index (χ3v) is 3.15. The topological polar surface area (TPSA) is 80.9 Å². The minimum absolute atomic E-state index is 0.0528. The predicted octanol–water partition coefficient (Wildman–Crippen LogP) is 2.00. The van der Waals surface area contributed by atoms with Gasteiger partial charge in [-0.25, -0.2) is 0 Å². The van der Waals surface area contributed by atoms with Crippen molar-refractivity contribution in [3.8, 4) is 0 Å². The van der Waals surface area contributed by atoms with Crippen LogP contribution in [-0.4, -0.2) is 16.1 Å². The van der Waals surface area contributed by atoms with E-state index in [0.29, 0.717) is 18.0 Å². The molecule has 0 fully saturated rings. The Labute approximate surface area is 109 Å². The molecule has 2 aromatic rings. The van der Waals surface area contributed by atoms with E-state index < -0.39 is 0 Å². The highest BCUT2D eigenvalue weighted by Crippen LogP contribution is 2.14. The van der Waals surface area contributed by atoms with Crippen molar-refractivity contribution in [2.24, 2.45) is 0 Å². The molecule has 0 radical (unpaired) electrons. The molecule has 2 rings (SSSR count). The fraction of sp³-hybridized carbons (Fsp3) is 0.250. The van der Waals surface area contributed by atoms with Crippen molar-refractivity contribution < 1.29 is 4.79 Å². The normalized spacial score (nSPS) is 10.3. The number of rotatable bonds is 4. The summed E-state index contributed by atoms with van der Waals surface area (Å²) in [6.45, 7) is 1.85. The van der Waals surface area contributed by atoms with Gasteiger partial charge < -0.3 is 11.1 Å². The van der Waals surface area contributed by atoms with Gasteiger partial charge in [-0.3, -0.25) is 4.79 Å². The minimum atomic E-state index is -0.0528. The summed E-state index contributed by atoms with van der Waals surface area (Å²) < 4.78 is 0. The number of nitrogens with one attached hydrogen (secondary N) is 1. The number of nitrogens with two attached hydrogens (primary N) is 1. The molecule has 18 heavy (non-hydrogen) atoms. The number of nitrogens with zero attached hydrogens (tertiary/aromatic N) is 2. The van der Waals surface area contributed by atoms with Crippen molar-refractivity contribution in [2.75, 3.05) is 11.1 Å². The number of hydrogen-bond donors (Lipinski definition) is 2. The van der Waals surface area contributed by atoms with Crippen molar-refractivity contribution in [3.05, 3.63) is 34.8 Å². The van der Waals surface area contributed by atoms with Crippen LogP contribution in [0.2, 0.25) is 0 Å². The summed E-state index contributed by atoms with van der Waals surface area (Å²) in [6.07, 6.45) is 1.10. The zero-order valence-corrected chi connectivity index (χ0v) is 10.8. The summed E-state index contributed by atoms with van der Waals surface area (Å²) in [7, 11) is 0. The first-order valence-corrected chi connectivity index (χ1v) is 6.39. The van der Waals surface area contributed by atoms with Crippen LogP contribution in [0.5, 0.6) is 0 Å². The van der Waals surface area contributed by atoms with Gasteiger partial charge >= 0.3 is 0 Å². The quantitative estimate of drug-likeness (QED) is 0.826. The van der Waals surface area contributed by atoms with Crippen LogP contribution < -0.4 is 11.1 Å². The lowest BCUT2D eigenvalue weighted by molar-refractivity contribution is -0.116. The molecule has 0 unspecified atom stereocenters. The Balaban J connectivity index is 1.83. The molecule has 0 bridgehead atoms. The van der Waals surface area contributed by atoms with Crippen LogP contribution in [0.3, 0.4) is 0 Å². The zero-order valence-electron chi connectivity index (χ0n) is 10.0. The Morgan fingerprint density at radius 1 is 1.33 bits per heavy atom. The summed E-state index contributed by atoms with van der Waals surface area (Å²) in [5, 5.41) is 11.8. The third kappa shape index (κ3) is 3.53. The SMILES string of the molecule is Cc1nnc(NC(=O)CCc2ccc(N)cc2)s1. The molecule has 1 amide bonds. The van der Waals surface area contributed by atoms with Gasteiger partial charge in [0.05, 0.1) is 0 Å². The second kappa shape index (κ2) is 5.59.